The van der Waals surface area contributed by atoms with Crippen molar-refractivity contribution in [1.29, 1.82) is 0 Å². The Labute approximate surface area is 101 Å². The van der Waals surface area contributed by atoms with Gasteiger partial charge < -0.3 is 15.2 Å². The van der Waals surface area contributed by atoms with Gasteiger partial charge >= 0.3 is 0 Å². The lowest BCUT2D eigenvalue weighted by molar-refractivity contribution is 0.343. The molecule has 0 aliphatic carbocycles. The number of hydrogen-bond donors (Lipinski definition) is 1. The van der Waals surface area contributed by atoms with E-state index in [-0.39, 0.29) is 5.92 Å². The Bertz CT molecular complexity index is 355. The van der Waals surface area contributed by atoms with E-state index in [9.17, 15) is 0 Å². The van der Waals surface area contributed by atoms with Crippen LogP contribution in [0, 0.1) is 0 Å². The Balaban J connectivity index is 3.31. The van der Waals surface area contributed by atoms with Crippen molar-refractivity contribution in [2.75, 3.05) is 27.0 Å². The van der Waals surface area contributed by atoms with Crippen LogP contribution in [0.25, 0.3) is 0 Å². The molecule has 1 aromatic rings. The van der Waals surface area contributed by atoms with Gasteiger partial charge in [0.1, 0.15) is 0 Å². The highest BCUT2D eigenvalue weighted by Crippen LogP contribution is 2.41. The third-order valence-corrected chi connectivity index (χ3v) is 3.38. The van der Waals surface area contributed by atoms with Gasteiger partial charge in [-0.3, -0.25) is 0 Å². The zero-order valence-corrected chi connectivity index (χ0v) is 11.1. The first-order valence-corrected chi connectivity index (χ1v) is 6.41. The second kappa shape index (κ2) is 6.01. The highest BCUT2D eigenvalue weighted by atomic mass is 32.2. The van der Waals surface area contributed by atoms with Crippen LogP contribution < -0.4 is 15.2 Å². The Kier molecular flexibility index (Phi) is 4.96. The summed E-state index contributed by atoms with van der Waals surface area (Å²) in [4.78, 5) is 1.08. The van der Waals surface area contributed by atoms with E-state index in [1.54, 1.807) is 26.0 Å². The van der Waals surface area contributed by atoms with E-state index in [0.29, 0.717) is 6.54 Å². The van der Waals surface area contributed by atoms with Crippen molar-refractivity contribution in [1.82, 2.24) is 0 Å². The number of hydrogen-bond acceptors (Lipinski definition) is 4. The van der Waals surface area contributed by atoms with Crippen molar-refractivity contribution in [3.63, 3.8) is 0 Å². The molecule has 0 fully saturated rings. The van der Waals surface area contributed by atoms with Crippen molar-refractivity contribution in [2.24, 2.45) is 5.73 Å². The van der Waals surface area contributed by atoms with Crippen LogP contribution >= 0.6 is 11.8 Å². The lowest BCUT2D eigenvalue weighted by Gasteiger charge is -2.18. The van der Waals surface area contributed by atoms with Gasteiger partial charge in [0.05, 0.1) is 19.1 Å². The maximum absolute atomic E-state index is 5.69. The molecule has 2 N–H and O–H groups in total. The molecule has 0 aromatic heterocycles. The summed E-state index contributed by atoms with van der Waals surface area (Å²) in [7, 11) is 3.32. The molecule has 0 saturated heterocycles. The lowest BCUT2D eigenvalue weighted by Crippen LogP contribution is -2.10. The fourth-order valence-electron chi connectivity index (χ4n) is 1.64. The predicted molar refractivity (Wildman–Crippen MR) is 68.8 cm³/mol. The summed E-state index contributed by atoms with van der Waals surface area (Å²) in [5, 5.41) is 0. The van der Waals surface area contributed by atoms with Crippen molar-refractivity contribution in [3.8, 4) is 11.5 Å². The minimum Gasteiger partial charge on any atom is -0.493 e. The molecule has 0 saturated carbocycles. The van der Waals surface area contributed by atoms with E-state index in [2.05, 4.69) is 13.0 Å². The molecule has 0 bridgehead atoms. The largest absolute Gasteiger partial charge is 0.493 e. The third-order valence-electron chi connectivity index (χ3n) is 2.62. The molecule has 1 rings (SSSR count). The van der Waals surface area contributed by atoms with Crippen molar-refractivity contribution < 1.29 is 9.47 Å². The minimum absolute atomic E-state index is 0.264. The Morgan fingerprint density at radius 3 is 2.31 bits per heavy atom. The van der Waals surface area contributed by atoms with E-state index in [4.69, 9.17) is 15.2 Å². The van der Waals surface area contributed by atoms with E-state index in [1.165, 1.54) is 0 Å². The van der Waals surface area contributed by atoms with Crippen LogP contribution in [0.3, 0.4) is 0 Å². The van der Waals surface area contributed by atoms with Gasteiger partial charge in [0.15, 0.2) is 11.5 Å². The highest BCUT2D eigenvalue weighted by molar-refractivity contribution is 7.98. The van der Waals surface area contributed by atoms with Crippen LogP contribution in [0.2, 0.25) is 0 Å². The lowest BCUT2D eigenvalue weighted by atomic mass is 10.00. The molecule has 1 unspecified atom stereocenters. The Morgan fingerprint density at radius 1 is 1.25 bits per heavy atom. The van der Waals surface area contributed by atoms with Crippen molar-refractivity contribution in [2.45, 2.75) is 17.7 Å². The third kappa shape index (κ3) is 2.44. The van der Waals surface area contributed by atoms with E-state index in [1.807, 2.05) is 12.3 Å². The first-order chi connectivity index (χ1) is 7.69. The van der Waals surface area contributed by atoms with Gasteiger partial charge in [0.25, 0.3) is 0 Å². The number of nitrogens with two attached hydrogens (primary N) is 1. The molecular weight excluding hydrogens is 222 g/mol. The molecule has 0 aliphatic rings. The molecule has 0 heterocycles. The van der Waals surface area contributed by atoms with Gasteiger partial charge in [0, 0.05) is 5.56 Å². The Hall–Kier alpha value is -0.870. The molecule has 0 amide bonds. The second-order valence-corrected chi connectivity index (χ2v) is 4.41. The average Bonchev–Trinajstić information content (AvgIpc) is 2.35. The quantitative estimate of drug-likeness (QED) is 0.804. The van der Waals surface area contributed by atoms with Gasteiger partial charge in [0.2, 0.25) is 0 Å². The van der Waals surface area contributed by atoms with Gasteiger partial charge in [-0.05, 0) is 24.8 Å². The average molecular weight is 241 g/mol. The van der Waals surface area contributed by atoms with Crippen LogP contribution in [0.5, 0.6) is 11.5 Å². The summed E-state index contributed by atoms with van der Waals surface area (Å²) in [5.74, 6) is 1.86. The molecule has 0 aliphatic heterocycles. The SMILES string of the molecule is COc1c(SC)ccc(C(C)CN)c1OC. The van der Waals surface area contributed by atoms with Gasteiger partial charge in [-0.2, -0.15) is 0 Å². The maximum atomic E-state index is 5.69. The molecular formula is C12H19NO2S. The summed E-state index contributed by atoms with van der Waals surface area (Å²) in [5.41, 5.74) is 6.79. The standard InChI is InChI=1S/C12H19NO2S/c1-8(7-13)9-5-6-10(16-4)12(15-3)11(9)14-2/h5-6,8H,7,13H2,1-4H3. The Morgan fingerprint density at radius 2 is 1.88 bits per heavy atom. The van der Waals surface area contributed by atoms with Gasteiger partial charge in [-0.15, -0.1) is 11.8 Å². The summed E-state index contributed by atoms with van der Waals surface area (Å²) >= 11 is 1.64. The first kappa shape index (κ1) is 13.2. The monoisotopic (exact) mass is 241 g/mol. The van der Waals surface area contributed by atoms with Gasteiger partial charge in [-0.1, -0.05) is 13.0 Å². The molecule has 16 heavy (non-hydrogen) atoms. The molecule has 0 spiro atoms. The molecule has 0 radical (unpaired) electrons. The highest BCUT2D eigenvalue weighted by Gasteiger charge is 2.17. The number of benzene rings is 1. The molecule has 1 aromatic carbocycles. The molecule has 90 valence electrons. The number of rotatable bonds is 5. The fraction of sp³-hybridized carbons (Fsp3) is 0.500. The summed E-state index contributed by atoms with van der Waals surface area (Å²) in [6, 6.07) is 4.11. The first-order valence-electron chi connectivity index (χ1n) is 5.18. The van der Waals surface area contributed by atoms with E-state index in [0.717, 1.165) is 22.0 Å². The normalized spacial score (nSPS) is 12.3. The van der Waals surface area contributed by atoms with Crippen molar-refractivity contribution >= 4 is 11.8 Å². The van der Waals surface area contributed by atoms with E-state index < -0.39 is 0 Å². The van der Waals surface area contributed by atoms with Crippen LogP contribution in [0.1, 0.15) is 18.4 Å². The minimum atomic E-state index is 0.264. The molecule has 4 heteroatoms. The summed E-state index contributed by atoms with van der Waals surface area (Å²) in [6.45, 7) is 2.67. The fourth-order valence-corrected chi connectivity index (χ4v) is 2.20. The smallest absolute Gasteiger partial charge is 0.174 e. The predicted octanol–water partition coefficient (Wildman–Crippen LogP) is 2.49. The maximum Gasteiger partial charge on any atom is 0.174 e. The molecule has 3 nitrogen and oxygen atoms in total. The summed E-state index contributed by atoms with van der Waals surface area (Å²) < 4.78 is 10.8. The number of thioether (sulfide) groups is 1. The second-order valence-electron chi connectivity index (χ2n) is 3.56. The van der Waals surface area contributed by atoms with Crippen LogP contribution in [0.15, 0.2) is 17.0 Å². The van der Waals surface area contributed by atoms with Crippen LogP contribution in [-0.4, -0.2) is 27.0 Å². The van der Waals surface area contributed by atoms with E-state index >= 15 is 0 Å². The topological polar surface area (TPSA) is 44.5 Å². The van der Waals surface area contributed by atoms with Gasteiger partial charge in [-0.25, -0.2) is 0 Å². The zero-order chi connectivity index (χ0) is 12.1. The van der Waals surface area contributed by atoms with Crippen LogP contribution in [0.4, 0.5) is 0 Å². The van der Waals surface area contributed by atoms with Crippen molar-refractivity contribution in [3.05, 3.63) is 17.7 Å². The molecule has 1 atom stereocenters. The zero-order valence-electron chi connectivity index (χ0n) is 10.2. The van der Waals surface area contributed by atoms with Crippen LogP contribution in [-0.2, 0) is 0 Å². The number of methoxy groups -OCH3 is 2. The summed E-state index contributed by atoms with van der Waals surface area (Å²) in [6.07, 6.45) is 2.02. The number of ether oxygens (including phenoxy) is 2.